The van der Waals surface area contributed by atoms with Crippen molar-refractivity contribution in [3.8, 4) is 0 Å². The summed E-state index contributed by atoms with van der Waals surface area (Å²) in [5.41, 5.74) is 0. The summed E-state index contributed by atoms with van der Waals surface area (Å²) in [5, 5.41) is 2.94. The van der Waals surface area contributed by atoms with Gasteiger partial charge >= 0.3 is 0 Å². The number of carbonyl (C=O) groups excluding carboxylic acids is 1. The fourth-order valence-electron chi connectivity index (χ4n) is 1.67. The summed E-state index contributed by atoms with van der Waals surface area (Å²) in [7, 11) is 1.72. The molecule has 1 saturated carbocycles. The van der Waals surface area contributed by atoms with Crippen LogP contribution in [0.1, 0.15) is 25.7 Å². The van der Waals surface area contributed by atoms with Crippen LogP contribution < -0.4 is 5.32 Å². The Bertz CT molecular complexity index is 175. The molecule has 1 aliphatic carbocycles. The highest BCUT2D eigenvalue weighted by Crippen LogP contribution is 2.21. The SMILES string of the molecule is COC1CCC(NC(=O)CCCl)C1. The van der Waals surface area contributed by atoms with E-state index < -0.39 is 0 Å². The lowest BCUT2D eigenvalue weighted by Gasteiger charge is -2.11. The molecule has 0 saturated heterocycles. The van der Waals surface area contributed by atoms with Gasteiger partial charge in [-0.2, -0.15) is 0 Å². The van der Waals surface area contributed by atoms with Gasteiger partial charge in [0.2, 0.25) is 5.91 Å². The van der Waals surface area contributed by atoms with Crippen LogP contribution in [0.3, 0.4) is 0 Å². The molecule has 0 heterocycles. The predicted octanol–water partition coefficient (Wildman–Crippen LogP) is 1.30. The maximum absolute atomic E-state index is 11.2. The molecule has 0 aliphatic heterocycles. The number of hydrogen-bond donors (Lipinski definition) is 1. The Morgan fingerprint density at radius 2 is 2.38 bits per heavy atom. The third-order valence-electron chi connectivity index (χ3n) is 2.40. The standard InChI is InChI=1S/C9H16ClNO2/c1-13-8-3-2-7(6-8)11-9(12)4-5-10/h7-8H,2-6H2,1H3,(H,11,12). The molecule has 1 aliphatic rings. The minimum Gasteiger partial charge on any atom is -0.381 e. The molecule has 1 rings (SSSR count). The average Bonchev–Trinajstić information content (AvgIpc) is 2.52. The molecule has 4 heteroatoms. The molecule has 2 unspecified atom stereocenters. The average molecular weight is 206 g/mol. The minimum atomic E-state index is 0.0525. The summed E-state index contributed by atoms with van der Waals surface area (Å²) < 4.78 is 5.21. The molecule has 76 valence electrons. The summed E-state index contributed by atoms with van der Waals surface area (Å²) in [6, 6.07) is 0.292. The molecule has 0 aromatic carbocycles. The Hall–Kier alpha value is -0.280. The van der Waals surface area contributed by atoms with Gasteiger partial charge in [0.1, 0.15) is 0 Å². The Morgan fingerprint density at radius 3 is 2.92 bits per heavy atom. The third kappa shape index (κ3) is 3.53. The molecule has 0 spiro atoms. The van der Waals surface area contributed by atoms with Gasteiger partial charge in [-0.15, -0.1) is 11.6 Å². The fourth-order valence-corrected chi connectivity index (χ4v) is 1.84. The largest absolute Gasteiger partial charge is 0.381 e. The smallest absolute Gasteiger partial charge is 0.221 e. The van der Waals surface area contributed by atoms with Crippen LogP contribution in [0, 0.1) is 0 Å². The number of nitrogens with one attached hydrogen (secondary N) is 1. The van der Waals surface area contributed by atoms with E-state index in [2.05, 4.69) is 5.32 Å². The summed E-state index contributed by atoms with van der Waals surface area (Å²) in [6.07, 6.45) is 3.73. The Labute approximate surface area is 83.8 Å². The zero-order valence-corrected chi connectivity index (χ0v) is 8.64. The van der Waals surface area contributed by atoms with E-state index in [1.165, 1.54) is 0 Å². The first-order valence-corrected chi connectivity index (χ1v) is 5.18. The van der Waals surface area contributed by atoms with Crippen LogP contribution in [-0.4, -0.2) is 31.0 Å². The van der Waals surface area contributed by atoms with Crippen molar-refractivity contribution in [1.29, 1.82) is 0 Å². The van der Waals surface area contributed by atoms with Gasteiger partial charge in [-0.25, -0.2) is 0 Å². The summed E-state index contributed by atoms with van der Waals surface area (Å²) >= 11 is 5.45. The predicted molar refractivity (Wildman–Crippen MR) is 51.9 cm³/mol. The van der Waals surface area contributed by atoms with E-state index >= 15 is 0 Å². The van der Waals surface area contributed by atoms with Crippen LogP contribution >= 0.6 is 11.6 Å². The van der Waals surface area contributed by atoms with Crippen LogP contribution in [0.4, 0.5) is 0 Å². The first-order valence-electron chi connectivity index (χ1n) is 4.64. The van der Waals surface area contributed by atoms with Gasteiger partial charge in [0, 0.05) is 25.5 Å². The number of ether oxygens (including phenoxy) is 1. The number of alkyl halides is 1. The van der Waals surface area contributed by atoms with Crippen LogP contribution in [0.5, 0.6) is 0 Å². The second-order valence-corrected chi connectivity index (χ2v) is 3.75. The van der Waals surface area contributed by atoms with Crippen molar-refractivity contribution in [2.45, 2.75) is 37.8 Å². The quantitative estimate of drug-likeness (QED) is 0.703. The van der Waals surface area contributed by atoms with Crippen molar-refractivity contribution in [2.24, 2.45) is 0 Å². The van der Waals surface area contributed by atoms with Crippen molar-refractivity contribution in [2.75, 3.05) is 13.0 Å². The minimum absolute atomic E-state index is 0.0525. The van der Waals surface area contributed by atoms with Crippen molar-refractivity contribution in [3.63, 3.8) is 0 Å². The molecule has 1 amide bonds. The molecule has 0 aromatic heterocycles. The third-order valence-corrected chi connectivity index (χ3v) is 2.59. The summed E-state index contributed by atoms with van der Waals surface area (Å²) in [6.45, 7) is 0. The first kappa shape index (κ1) is 10.8. The highest BCUT2D eigenvalue weighted by Gasteiger charge is 2.25. The lowest BCUT2D eigenvalue weighted by atomic mass is 10.2. The van der Waals surface area contributed by atoms with Crippen molar-refractivity contribution in [1.82, 2.24) is 5.32 Å². The maximum Gasteiger partial charge on any atom is 0.221 e. The second-order valence-electron chi connectivity index (χ2n) is 3.37. The van der Waals surface area contributed by atoms with E-state index in [0.717, 1.165) is 19.3 Å². The van der Waals surface area contributed by atoms with Crippen molar-refractivity contribution < 1.29 is 9.53 Å². The molecule has 2 atom stereocenters. The van der Waals surface area contributed by atoms with Gasteiger partial charge in [0.05, 0.1) is 6.10 Å². The summed E-state index contributed by atoms with van der Waals surface area (Å²) in [4.78, 5) is 11.2. The number of halogens is 1. The number of amides is 1. The Kier molecular flexibility index (Phi) is 4.53. The van der Waals surface area contributed by atoms with Crippen LogP contribution in [0.25, 0.3) is 0 Å². The molecular formula is C9H16ClNO2. The molecule has 0 bridgehead atoms. The highest BCUT2D eigenvalue weighted by molar-refractivity contribution is 6.18. The van der Waals surface area contributed by atoms with Gasteiger partial charge < -0.3 is 10.1 Å². The van der Waals surface area contributed by atoms with Crippen molar-refractivity contribution in [3.05, 3.63) is 0 Å². The number of hydrogen-bond acceptors (Lipinski definition) is 2. The van der Waals surface area contributed by atoms with Crippen LogP contribution in [-0.2, 0) is 9.53 Å². The molecular weight excluding hydrogens is 190 g/mol. The first-order chi connectivity index (χ1) is 6.26. The molecule has 1 N–H and O–H groups in total. The Balaban J connectivity index is 2.19. The zero-order chi connectivity index (χ0) is 9.68. The van der Waals surface area contributed by atoms with Crippen molar-refractivity contribution >= 4 is 17.5 Å². The summed E-state index contributed by atoms with van der Waals surface area (Å²) in [5.74, 6) is 0.448. The van der Waals surface area contributed by atoms with Crippen LogP contribution in [0.15, 0.2) is 0 Å². The zero-order valence-electron chi connectivity index (χ0n) is 7.88. The highest BCUT2D eigenvalue weighted by atomic mass is 35.5. The topological polar surface area (TPSA) is 38.3 Å². The lowest BCUT2D eigenvalue weighted by molar-refractivity contribution is -0.121. The fraction of sp³-hybridized carbons (Fsp3) is 0.889. The molecule has 13 heavy (non-hydrogen) atoms. The van der Waals surface area contributed by atoms with Gasteiger partial charge in [0.25, 0.3) is 0 Å². The van der Waals surface area contributed by atoms with E-state index in [1.54, 1.807) is 7.11 Å². The number of rotatable bonds is 4. The Morgan fingerprint density at radius 1 is 1.62 bits per heavy atom. The van der Waals surface area contributed by atoms with E-state index in [4.69, 9.17) is 16.3 Å². The maximum atomic E-state index is 11.2. The van der Waals surface area contributed by atoms with Gasteiger partial charge in [-0.05, 0) is 19.3 Å². The molecule has 3 nitrogen and oxygen atoms in total. The van der Waals surface area contributed by atoms with Crippen LogP contribution in [0.2, 0.25) is 0 Å². The molecule has 0 aromatic rings. The number of carbonyl (C=O) groups is 1. The normalized spacial score (nSPS) is 27.5. The van der Waals surface area contributed by atoms with Gasteiger partial charge in [-0.3, -0.25) is 4.79 Å². The van der Waals surface area contributed by atoms with E-state index in [-0.39, 0.29) is 5.91 Å². The lowest BCUT2D eigenvalue weighted by Crippen LogP contribution is -2.33. The van der Waals surface area contributed by atoms with Gasteiger partial charge in [-0.1, -0.05) is 0 Å². The molecule has 0 radical (unpaired) electrons. The monoisotopic (exact) mass is 205 g/mol. The van der Waals surface area contributed by atoms with E-state index in [0.29, 0.717) is 24.4 Å². The van der Waals surface area contributed by atoms with E-state index in [1.807, 2.05) is 0 Å². The van der Waals surface area contributed by atoms with E-state index in [9.17, 15) is 4.79 Å². The number of methoxy groups -OCH3 is 1. The molecule has 1 fully saturated rings. The van der Waals surface area contributed by atoms with Gasteiger partial charge in [0.15, 0.2) is 0 Å². The second kappa shape index (κ2) is 5.45.